The summed E-state index contributed by atoms with van der Waals surface area (Å²) < 4.78 is 45.5. The average Bonchev–Trinajstić information content (AvgIpc) is 2.95. The average molecular weight is 583 g/mol. The number of carbonyl (C=O) groups excluding carboxylic acids is 2. The number of hydrogen-bond donors (Lipinski definition) is 0. The van der Waals surface area contributed by atoms with E-state index in [0.29, 0.717) is 10.8 Å². The first-order chi connectivity index (χ1) is 18.5. The van der Waals surface area contributed by atoms with E-state index in [9.17, 15) is 18.0 Å². The number of hydrogen-bond acceptors (Lipinski definition) is 7. The molecule has 0 aliphatic rings. The quantitative estimate of drug-likeness (QED) is 0.139. The third kappa shape index (κ3) is 8.02. The monoisotopic (exact) mass is 582 g/mol. The van der Waals surface area contributed by atoms with Gasteiger partial charge >= 0.3 is 235 Å². The molecule has 39 heavy (non-hydrogen) atoms. The van der Waals surface area contributed by atoms with Gasteiger partial charge in [0.1, 0.15) is 0 Å². The molecule has 0 fully saturated rings. The number of carbonyl (C=O) groups is 2. The molecule has 2 aromatic carbocycles. The minimum atomic E-state index is -4.34. The third-order valence-electron chi connectivity index (χ3n) is 7.65. The Morgan fingerprint density at radius 2 is 1.15 bits per heavy atom. The van der Waals surface area contributed by atoms with Crippen LogP contribution in [0.2, 0.25) is 0 Å². The van der Waals surface area contributed by atoms with Crippen molar-refractivity contribution in [2.45, 2.75) is 84.0 Å². The molecule has 9 heteroatoms. The Balaban J connectivity index is 2.89. The maximum atomic E-state index is 14.5. The van der Waals surface area contributed by atoms with Crippen molar-refractivity contribution in [3.05, 3.63) is 41.5 Å². The molecule has 0 saturated heterocycles. The Hall–Kier alpha value is -2.02. The molecule has 2 aromatic rings. The van der Waals surface area contributed by atoms with Gasteiger partial charge in [0.2, 0.25) is 0 Å². The van der Waals surface area contributed by atoms with Crippen molar-refractivity contribution < 1.29 is 31.5 Å². The van der Waals surface area contributed by atoms with E-state index in [-0.39, 0.29) is 16.0 Å². The summed E-state index contributed by atoms with van der Waals surface area (Å²) in [4.78, 5) is 24.8. The van der Waals surface area contributed by atoms with E-state index in [1.165, 1.54) is 26.4 Å². The zero-order valence-corrected chi connectivity index (χ0v) is 26.3. The van der Waals surface area contributed by atoms with Gasteiger partial charge in [0, 0.05) is 0 Å². The molecule has 0 amide bonds. The third-order valence-corrected chi connectivity index (χ3v) is 16.8. The second kappa shape index (κ2) is 14.6. The van der Waals surface area contributed by atoms with Gasteiger partial charge in [-0.3, -0.25) is 0 Å². The Bertz CT molecular complexity index is 1200. The summed E-state index contributed by atoms with van der Waals surface area (Å²) in [5.41, 5.74) is 0.334. The second-order valence-corrected chi connectivity index (χ2v) is 18.0. The molecule has 220 valence electrons. The van der Waals surface area contributed by atoms with Crippen LogP contribution in [0.4, 0.5) is 0 Å². The van der Waals surface area contributed by atoms with E-state index in [4.69, 9.17) is 13.4 Å². The van der Waals surface area contributed by atoms with Crippen LogP contribution in [0, 0.1) is 0 Å². The first-order valence-electron chi connectivity index (χ1n) is 14.3. The molecular weight excluding hydrogens is 535 g/mol. The summed E-state index contributed by atoms with van der Waals surface area (Å²) in [5, 5.41) is 0.816. The van der Waals surface area contributed by atoms with Crippen LogP contribution in [0.25, 0.3) is 10.8 Å². The molecule has 0 heterocycles. The van der Waals surface area contributed by atoms with E-state index in [0.717, 1.165) is 76.0 Å². The number of unbranched alkanes of at least 4 members (excludes halogenated alkanes) is 4. The Labute approximate surface area is 235 Å². The topological polar surface area (TPSA) is 96.0 Å². The van der Waals surface area contributed by atoms with Crippen molar-refractivity contribution in [2.24, 2.45) is 0 Å². The molecule has 0 aromatic heterocycles. The summed E-state index contributed by atoms with van der Waals surface area (Å²) in [5.74, 6) is -1.22. The predicted molar refractivity (Wildman–Crippen MR) is 161 cm³/mol. The molecule has 0 spiro atoms. The molecular formula is C30H47O7PS. The van der Waals surface area contributed by atoms with Crippen molar-refractivity contribution in [1.82, 2.24) is 0 Å². The Morgan fingerprint density at radius 1 is 0.692 bits per heavy atom. The molecule has 2 rings (SSSR count). The van der Waals surface area contributed by atoms with Gasteiger partial charge < -0.3 is 0 Å². The Morgan fingerprint density at radius 3 is 1.59 bits per heavy atom. The van der Waals surface area contributed by atoms with E-state index >= 15 is 0 Å². The van der Waals surface area contributed by atoms with Crippen LogP contribution in [0.3, 0.4) is 0 Å². The van der Waals surface area contributed by atoms with Gasteiger partial charge in [0.25, 0.3) is 0 Å². The minimum absolute atomic E-state index is 0.110. The molecule has 0 atom stereocenters. The van der Waals surface area contributed by atoms with E-state index in [2.05, 4.69) is 27.7 Å². The van der Waals surface area contributed by atoms with E-state index in [1.54, 1.807) is 18.2 Å². The number of benzene rings is 2. The van der Waals surface area contributed by atoms with Gasteiger partial charge in [-0.1, -0.05) is 0 Å². The zero-order chi connectivity index (χ0) is 29.1. The van der Waals surface area contributed by atoms with Crippen molar-refractivity contribution >= 4 is 39.7 Å². The summed E-state index contributed by atoms with van der Waals surface area (Å²) in [6, 6.07) is 7.58. The summed E-state index contributed by atoms with van der Waals surface area (Å²) in [7, 11) is -1.80. The molecule has 0 unspecified atom stereocenters. The fourth-order valence-corrected chi connectivity index (χ4v) is 15.6. The number of esters is 2. The van der Waals surface area contributed by atoms with Crippen molar-refractivity contribution in [3.63, 3.8) is 0 Å². The zero-order valence-electron chi connectivity index (χ0n) is 24.6. The van der Waals surface area contributed by atoms with Gasteiger partial charge in [0.05, 0.1) is 0 Å². The van der Waals surface area contributed by atoms with E-state index in [1.807, 2.05) is 0 Å². The predicted octanol–water partition coefficient (Wildman–Crippen LogP) is 7.79. The van der Waals surface area contributed by atoms with E-state index < -0.39 is 28.9 Å². The number of fused-ring (bicyclic) bond motifs is 1. The number of rotatable bonds is 17. The van der Waals surface area contributed by atoms with Crippen molar-refractivity contribution in [3.8, 4) is 0 Å². The summed E-state index contributed by atoms with van der Waals surface area (Å²) >= 11 is 0. The first kappa shape index (κ1) is 33.2. The van der Waals surface area contributed by atoms with Crippen LogP contribution in [-0.4, -0.2) is 59.2 Å². The molecule has 0 aliphatic heterocycles. The first-order valence-corrected chi connectivity index (χ1v) is 18.6. The fourth-order valence-electron chi connectivity index (χ4n) is 5.38. The van der Waals surface area contributed by atoms with Gasteiger partial charge in [-0.15, -0.1) is 0 Å². The maximum absolute atomic E-state index is 14.5. The molecule has 0 radical (unpaired) electrons. The molecule has 0 N–H and O–H groups in total. The standard InChI is InChI=1S/C30H47O7PS/c1-7-11-17-38(18-12-8-2,19-13-9-3,20-14-10-4)37-39(33,34)28-23-26(30(32)36-6)21-24-15-16-25(22-27(24)28)29(31)35-5/h15-16,21-23H,7-14,17-20H2,1-6H3. The molecule has 0 bridgehead atoms. The molecule has 0 saturated carbocycles. The van der Waals surface area contributed by atoms with Gasteiger partial charge in [0.15, 0.2) is 0 Å². The SMILES string of the molecule is CCCCP(CCCC)(CCCC)(CCCC)OS(=O)(=O)c1cc(C(=O)OC)cc2ccc(C(=O)OC)cc12. The second-order valence-electron chi connectivity index (χ2n) is 10.6. The molecule has 0 aliphatic carbocycles. The summed E-state index contributed by atoms with van der Waals surface area (Å²) in [6.07, 6.45) is 10.5. The van der Waals surface area contributed by atoms with Crippen LogP contribution in [0.5, 0.6) is 0 Å². The van der Waals surface area contributed by atoms with Crippen LogP contribution >= 0.6 is 6.83 Å². The van der Waals surface area contributed by atoms with Crippen molar-refractivity contribution in [2.75, 3.05) is 38.9 Å². The van der Waals surface area contributed by atoms with Crippen LogP contribution in [-0.2, 0) is 23.6 Å². The number of methoxy groups -OCH3 is 2. The summed E-state index contributed by atoms with van der Waals surface area (Å²) in [6.45, 7) is 5.27. The van der Waals surface area contributed by atoms with Crippen molar-refractivity contribution in [1.29, 1.82) is 0 Å². The van der Waals surface area contributed by atoms with Crippen LogP contribution < -0.4 is 0 Å². The fraction of sp³-hybridized carbons (Fsp3) is 0.600. The van der Waals surface area contributed by atoms with Gasteiger partial charge in [-0.2, -0.15) is 0 Å². The molecule has 7 nitrogen and oxygen atoms in total. The Kier molecular flexibility index (Phi) is 12.4. The van der Waals surface area contributed by atoms with Gasteiger partial charge in [-0.25, -0.2) is 0 Å². The van der Waals surface area contributed by atoms with Crippen LogP contribution in [0.1, 0.15) is 99.8 Å². The van der Waals surface area contributed by atoms with Gasteiger partial charge in [-0.05, 0) is 0 Å². The normalized spacial score (nSPS) is 13.1. The van der Waals surface area contributed by atoms with Crippen LogP contribution in [0.15, 0.2) is 35.2 Å². The number of ether oxygens (including phenoxy) is 2.